The van der Waals surface area contributed by atoms with Crippen LogP contribution in [0.4, 0.5) is 0 Å². The van der Waals surface area contributed by atoms with E-state index in [1.807, 2.05) is 30.3 Å². The number of nitrogens with one attached hydrogen (secondary N) is 1. The first-order valence-electron chi connectivity index (χ1n) is 6.33. The van der Waals surface area contributed by atoms with Crippen LogP contribution in [-0.2, 0) is 6.42 Å². The monoisotopic (exact) mass is 333 g/mol. The summed E-state index contributed by atoms with van der Waals surface area (Å²) in [5.74, 6) is 0.642. The highest BCUT2D eigenvalue weighted by molar-refractivity contribution is 9.10. The van der Waals surface area contributed by atoms with Gasteiger partial charge in [-0.2, -0.15) is 0 Å². The zero-order chi connectivity index (χ0) is 14.4. The summed E-state index contributed by atoms with van der Waals surface area (Å²) in [7, 11) is 0. The topological polar surface area (TPSA) is 72.0 Å². The van der Waals surface area contributed by atoms with Gasteiger partial charge in [-0.3, -0.25) is 10.4 Å². The number of hydrogen-bond acceptors (Lipinski definition) is 3. The smallest absolute Gasteiger partial charge is 0.131 e. The van der Waals surface area contributed by atoms with Crippen LogP contribution in [0.3, 0.4) is 0 Å². The van der Waals surface area contributed by atoms with Crippen molar-refractivity contribution < 1.29 is 4.74 Å². The molecule has 104 valence electrons. The molecule has 0 saturated heterocycles. The van der Waals surface area contributed by atoms with E-state index >= 15 is 0 Å². The molecular formula is C15H16BrN3O. The molecule has 0 amide bonds. The summed E-state index contributed by atoms with van der Waals surface area (Å²) in [6.45, 7) is 0.582. The molecule has 0 fully saturated rings. The number of aromatic nitrogens is 1. The first-order chi connectivity index (χ1) is 9.68. The summed E-state index contributed by atoms with van der Waals surface area (Å²) in [6, 6.07) is 9.55. The Hall–Kier alpha value is -1.88. The Morgan fingerprint density at radius 3 is 2.70 bits per heavy atom. The molecule has 1 aromatic heterocycles. The summed E-state index contributed by atoms with van der Waals surface area (Å²) in [5, 5.41) is 7.59. The van der Waals surface area contributed by atoms with Gasteiger partial charge in [0.1, 0.15) is 11.6 Å². The molecule has 5 heteroatoms. The second-order valence-electron chi connectivity index (χ2n) is 4.33. The van der Waals surface area contributed by atoms with E-state index in [4.69, 9.17) is 15.9 Å². The largest absolute Gasteiger partial charge is 0.493 e. The van der Waals surface area contributed by atoms with E-state index in [0.29, 0.717) is 17.9 Å². The second kappa shape index (κ2) is 7.05. The molecule has 0 bridgehead atoms. The Kier molecular flexibility index (Phi) is 5.12. The molecule has 0 spiro atoms. The van der Waals surface area contributed by atoms with Crippen LogP contribution in [0.2, 0.25) is 0 Å². The van der Waals surface area contributed by atoms with E-state index in [-0.39, 0.29) is 5.84 Å². The van der Waals surface area contributed by atoms with E-state index in [0.717, 1.165) is 17.3 Å². The molecule has 4 nitrogen and oxygen atoms in total. The summed E-state index contributed by atoms with van der Waals surface area (Å²) in [4.78, 5) is 3.99. The van der Waals surface area contributed by atoms with E-state index in [1.54, 1.807) is 12.4 Å². The molecule has 20 heavy (non-hydrogen) atoms. The van der Waals surface area contributed by atoms with Gasteiger partial charge >= 0.3 is 0 Å². The maximum absolute atomic E-state index is 7.59. The summed E-state index contributed by atoms with van der Waals surface area (Å²) < 4.78 is 6.51. The molecule has 3 N–H and O–H groups in total. The zero-order valence-corrected chi connectivity index (χ0v) is 12.6. The van der Waals surface area contributed by atoms with Crippen molar-refractivity contribution >= 4 is 21.8 Å². The van der Waals surface area contributed by atoms with Gasteiger partial charge < -0.3 is 10.5 Å². The Labute approximate surface area is 126 Å². The molecule has 0 aliphatic carbocycles. The van der Waals surface area contributed by atoms with E-state index in [9.17, 15) is 0 Å². The van der Waals surface area contributed by atoms with Crippen molar-refractivity contribution in [3.8, 4) is 5.75 Å². The lowest BCUT2D eigenvalue weighted by molar-refractivity contribution is 0.310. The molecule has 2 aromatic rings. The lowest BCUT2D eigenvalue weighted by Gasteiger charge is -2.12. The average molecular weight is 334 g/mol. The number of hydrogen-bond donors (Lipinski definition) is 2. The van der Waals surface area contributed by atoms with Gasteiger partial charge in [0, 0.05) is 16.9 Å². The number of rotatable bonds is 6. The van der Waals surface area contributed by atoms with Gasteiger partial charge in [0.05, 0.1) is 12.2 Å². The van der Waals surface area contributed by atoms with Crippen LogP contribution in [0.25, 0.3) is 0 Å². The maximum atomic E-state index is 7.59. The number of nitrogens with two attached hydrogens (primary N) is 1. The van der Waals surface area contributed by atoms with E-state index in [2.05, 4.69) is 20.9 Å². The summed E-state index contributed by atoms with van der Waals surface area (Å²) in [6.07, 6.45) is 5.41. The van der Waals surface area contributed by atoms with Gasteiger partial charge in [-0.1, -0.05) is 6.07 Å². The average Bonchev–Trinajstić information content (AvgIpc) is 2.44. The molecule has 1 aromatic carbocycles. The highest BCUT2D eigenvalue weighted by Gasteiger charge is 2.10. The predicted octanol–water partition coefficient (Wildman–Crippen LogP) is 3.14. The third kappa shape index (κ3) is 3.81. The highest BCUT2D eigenvalue weighted by Crippen LogP contribution is 2.26. The third-order valence-electron chi connectivity index (χ3n) is 2.86. The lowest BCUT2D eigenvalue weighted by atomic mass is 10.1. The fraction of sp³-hybridized carbons (Fsp3) is 0.200. The number of halogens is 1. The molecular weight excluding hydrogens is 318 g/mol. The van der Waals surface area contributed by atoms with Gasteiger partial charge in [0.2, 0.25) is 0 Å². The SMILES string of the molecule is N=C(N)c1c(Br)cccc1OCCCc1ccncc1. The summed E-state index contributed by atoms with van der Waals surface area (Å²) in [5.41, 5.74) is 7.43. The Balaban J connectivity index is 1.92. The van der Waals surface area contributed by atoms with Crippen molar-refractivity contribution in [3.63, 3.8) is 0 Å². The van der Waals surface area contributed by atoms with Crippen molar-refractivity contribution in [1.29, 1.82) is 5.41 Å². The molecule has 0 radical (unpaired) electrons. The molecule has 0 aliphatic rings. The molecule has 0 saturated carbocycles. The minimum Gasteiger partial charge on any atom is -0.493 e. The quantitative estimate of drug-likeness (QED) is 0.484. The Morgan fingerprint density at radius 1 is 1.25 bits per heavy atom. The molecule has 0 unspecified atom stereocenters. The highest BCUT2D eigenvalue weighted by atomic mass is 79.9. The normalized spacial score (nSPS) is 10.2. The lowest BCUT2D eigenvalue weighted by Crippen LogP contribution is -2.14. The second-order valence-corrected chi connectivity index (χ2v) is 5.19. The number of pyridine rings is 1. The number of nitrogens with zero attached hydrogens (tertiary/aromatic N) is 1. The first kappa shape index (κ1) is 14.5. The number of nitrogen functional groups attached to an aromatic ring is 1. The van der Waals surface area contributed by atoms with Gasteiger partial charge in [0.25, 0.3) is 0 Å². The van der Waals surface area contributed by atoms with Crippen molar-refractivity contribution in [1.82, 2.24) is 4.98 Å². The van der Waals surface area contributed by atoms with E-state index < -0.39 is 0 Å². The minimum absolute atomic E-state index is 0.00149. The van der Waals surface area contributed by atoms with Crippen LogP contribution < -0.4 is 10.5 Å². The number of aryl methyl sites for hydroxylation is 1. The Morgan fingerprint density at radius 2 is 2.00 bits per heavy atom. The van der Waals surface area contributed by atoms with Crippen LogP contribution in [0.15, 0.2) is 47.2 Å². The van der Waals surface area contributed by atoms with Crippen molar-refractivity contribution in [3.05, 3.63) is 58.3 Å². The van der Waals surface area contributed by atoms with E-state index in [1.165, 1.54) is 5.56 Å². The molecule has 1 heterocycles. The van der Waals surface area contributed by atoms with Gasteiger partial charge in [-0.05, 0) is 58.6 Å². The maximum Gasteiger partial charge on any atom is 0.131 e. The van der Waals surface area contributed by atoms with Crippen LogP contribution in [0.1, 0.15) is 17.5 Å². The number of benzene rings is 1. The summed E-state index contributed by atoms with van der Waals surface area (Å²) >= 11 is 3.39. The molecule has 0 aliphatic heterocycles. The minimum atomic E-state index is 0.00149. The van der Waals surface area contributed by atoms with Gasteiger partial charge in [-0.25, -0.2) is 0 Å². The Bertz CT molecular complexity index is 587. The molecule has 2 rings (SSSR count). The van der Waals surface area contributed by atoms with Crippen LogP contribution in [0.5, 0.6) is 5.75 Å². The fourth-order valence-corrected chi connectivity index (χ4v) is 2.46. The molecule has 0 atom stereocenters. The first-order valence-corrected chi connectivity index (χ1v) is 7.12. The zero-order valence-electron chi connectivity index (χ0n) is 11.0. The standard InChI is InChI=1S/C15H16BrN3O/c16-12-4-1-5-13(14(12)15(17)18)20-10-2-3-11-6-8-19-9-7-11/h1,4-9H,2-3,10H2,(H3,17,18). The van der Waals surface area contributed by atoms with Crippen LogP contribution >= 0.6 is 15.9 Å². The van der Waals surface area contributed by atoms with Crippen molar-refractivity contribution in [2.75, 3.05) is 6.61 Å². The number of amidine groups is 1. The third-order valence-corrected chi connectivity index (χ3v) is 3.52. The van der Waals surface area contributed by atoms with Crippen LogP contribution in [-0.4, -0.2) is 17.4 Å². The fourth-order valence-electron chi connectivity index (χ4n) is 1.89. The van der Waals surface area contributed by atoms with Crippen LogP contribution in [0, 0.1) is 5.41 Å². The number of ether oxygens (including phenoxy) is 1. The van der Waals surface area contributed by atoms with Gasteiger partial charge in [0.15, 0.2) is 0 Å². The van der Waals surface area contributed by atoms with Gasteiger partial charge in [-0.15, -0.1) is 0 Å². The van der Waals surface area contributed by atoms with Crippen molar-refractivity contribution in [2.24, 2.45) is 5.73 Å². The van der Waals surface area contributed by atoms with Crippen molar-refractivity contribution in [2.45, 2.75) is 12.8 Å². The predicted molar refractivity (Wildman–Crippen MR) is 83.2 cm³/mol.